The van der Waals surface area contributed by atoms with E-state index in [0.717, 1.165) is 5.56 Å². The van der Waals surface area contributed by atoms with Crippen LogP contribution in [0.4, 0.5) is 0 Å². The van der Waals surface area contributed by atoms with E-state index in [2.05, 4.69) is 4.74 Å². The van der Waals surface area contributed by atoms with Crippen LogP contribution < -0.4 is 4.74 Å². The Morgan fingerprint density at radius 3 is 2.43 bits per heavy atom. The van der Waals surface area contributed by atoms with Gasteiger partial charge in [-0.15, -0.1) is 0 Å². The van der Waals surface area contributed by atoms with E-state index >= 15 is 0 Å². The normalized spacial score (nSPS) is 11.0. The molecule has 2 aromatic carbocycles. The molecule has 0 N–H and O–H groups in total. The zero-order chi connectivity index (χ0) is 16.7. The second kappa shape index (κ2) is 7.94. The quantitative estimate of drug-likeness (QED) is 0.355. The van der Waals surface area contributed by atoms with Gasteiger partial charge in [-0.2, -0.15) is 0 Å². The van der Waals surface area contributed by atoms with E-state index < -0.39 is 5.97 Å². The lowest BCUT2D eigenvalue weighted by Crippen LogP contribution is -2.11. The van der Waals surface area contributed by atoms with Crippen LogP contribution in [-0.2, 0) is 20.9 Å². The van der Waals surface area contributed by atoms with Gasteiger partial charge in [0.1, 0.15) is 17.9 Å². The van der Waals surface area contributed by atoms with Crippen LogP contribution in [0.1, 0.15) is 18.1 Å². The summed E-state index contributed by atoms with van der Waals surface area (Å²) < 4.78 is 10.4. The maximum Gasteiger partial charge on any atom is 0.341 e. The van der Waals surface area contributed by atoms with Crippen molar-refractivity contribution in [1.29, 1.82) is 0 Å². The number of methoxy groups -OCH3 is 1. The fourth-order valence-corrected chi connectivity index (χ4v) is 2.02. The minimum absolute atomic E-state index is 0.00714. The van der Waals surface area contributed by atoms with Crippen LogP contribution >= 0.6 is 0 Å². The van der Waals surface area contributed by atoms with Crippen molar-refractivity contribution in [2.75, 3.05) is 7.11 Å². The van der Waals surface area contributed by atoms with Crippen molar-refractivity contribution in [2.45, 2.75) is 13.5 Å². The maximum atomic E-state index is 11.6. The first-order valence-electron chi connectivity index (χ1n) is 7.18. The summed E-state index contributed by atoms with van der Waals surface area (Å²) in [6.07, 6.45) is 1.50. The van der Waals surface area contributed by atoms with Crippen molar-refractivity contribution in [3.63, 3.8) is 0 Å². The smallest absolute Gasteiger partial charge is 0.341 e. The number of Topliss-reactive ketones (excluding diaryl/α,β-unsaturated/α-hetero) is 1. The van der Waals surface area contributed by atoms with Crippen LogP contribution in [0.25, 0.3) is 6.08 Å². The lowest BCUT2D eigenvalue weighted by atomic mass is 10.1. The van der Waals surface area contributed by atoms with Gasteiger partial charge < -0.3 is 9.47 Å². The average molecular weight is 310 g/mol. The van der Waals surface area contributed by atoms with Crippen molar-refractivity contribution >= 4 is 17.8 Å². The van der Waals surface area contributed by atoms with E-state index in [1.165, 1.54) is 20.1 Å². The van der Waals surface area contributed by atoms with Crippen LogP contribution in [0.5, 0.6) is 5.75 Å². The molecule has 0 radical (unpaired) electrons. The fraction of sp³-hybridized carbons (Fsp3) is 0.158. The highest BCUT2D eigenvalue weighted by atomic mass is 16.5. The van der Waals surface area contributed by atoms with E-state index in [-0.39, 0.29) is 11.4 Å². The van der Waals surface area contributed by atoms with Gasteiger partial charge in [-0.05, 0) is 36.3 Å². The summed E-state index contributed by atoms with van der Waals surface area (Å²) >= 11 is 0. The molecule has 0 atom stereocenters. The summed E-state index contributed by atoms with van der Waals surface area (Å²) in [5.74, 6) is -0.323. The van der Waals surface area contributed by atoms with Crippen molar-refractivity contribution in [1.82, 2.24) is 0 Å². The second-order valence-electron chi connectivity index (χ2n) is 4.95. The Labute approximate surface area is 135 Å². The molecule has 0 aliphatic rings. The molecule has 0 fully saturated rings. The molecule has 0 heterocycles. The van der Waals surface area contributed by atoms with Crippen molar-refractivity contribution in [3.8, 4) is 5.75 Å². The number of esters is 1. The third kappa shape index (κ3) is 4.81. The Balaban J connectivity index is 2.15. The molecule has 0 aliphatic carbocycles. The molecule has 0 aromatic heterocycles. The molecule has 0 saturated heterocycles. The molecule has 0 spiro atoms. The Morgan fingerprint density at radius 2 is 1.78 bits per heavy atom. The van der Waals surface area contributed by atoms with Gasteiger partial charge in [-0.3, -0.25) is 4.79 Å². The van der Waals surface area contributed by atoms with Gasteiger partial charge in [0.25, 0.3) is 0 Å². The van der Waals surface area contributed by atoms with E-state index in [1.54, 1.807) is 18.2 Å². The SMILES string of the molecule is COC(=O)/C(=C\c1cccc(OCc2ccccc2)c1)C(C)=O. The molecule has 4 heteroatoms. The van der Waals surface area contributed by atoms with Crippen LogP contribution in [-0.4, -0.2) is 18.9 Å². The first-order chi connectivity index (χ1) is 11.1. The first-order valence-corrected chi connectivity index (χ1v) is 7.18. The fourth-order valence-electron chi connectivity index (χ4n) is 2.02. The Kier molecular flexibility index (Phi) is 5.69. The number of hydrogen-bond acceptors (Lipinski definition) is 4. The molecular formula is C19H18O4. The summed E-state index contributed by atoms with van der Waals surface area (Å²) in [5, 5.41) is 0. The van der Waals surface area contributed by atoms with Gasteiger partial charge in [-0.25, -0.2) is 4.79 Å². The predicted molar refractivity (Wildman–Crippen MR) is 87.9 cm³/mol. The van der Waals surface area contributed by atoms with Gasteiger partial charge in [0.15, 0.2) is 5.78 Å². The molecule has 2 rings (SSSR count). The minimum atomic E-state index is -0.645. The molecule has 2 aromatic rings. The third-order valence-corrected chi connectivity index (χ3v) is 3.20. The number of rotatable bonds is 6. The van der Waals surface area contributed by atoms with E-state index in [4.69, 9.17) is 4.74 Å². The number of ether oxygens (including phenoxy) is 2. The Hall–Kier alpha value is -2.88. The van der Waals surface area contributed by atoms with E-state index in [1.807, 2.05) is 36.4 Å². The summed E-state index contributed by atoms with van der Waals surface area (Å²) in [6.45, 7) is 1.78. The molecule has 0 saturated carbocycles. The topological polar surface area (TPSA) is 52.6 Å². The van der Waals surface area contributed by atoms with Crippen molar-refractivity contribution < 1.29 is 19.1 Å². The van der Waals surface area contributed by atoms with Gasteiger partial charge >= 0.3 is 5.97 Å². The zero-order valence-corrected chi connectivity index (χ0v) is 13.1. The molecule has 23 heavy (non-hydrogen) atoms. The highest BCUT2D eigenvalue weighted by Crippen LogP contribution is 2.18. The predicted octanol–water partition coefficient (Wildman–Crippen LogP) is 3.41. The molecule has 0 bridgehead atoms. The lowest BCUT2D eigenvalue weighted by molar-refractivity contribution is -0.137. The largest absolute Gasteiger partial charge is 0.489 e. The van der Waals surface area contributed by atoms with Crippen LogP contribution in [0.2, 0.25) is 0 Å². The van der Waals surface area contributed by atoms with E-state index in [9.17, 15) is 9.59 Å². The standard InChI is InChI=1S/C19H18O4/c1-14(20)18(19(21)22-2)12-16-9-6-10-17(11-16)23-13-15-7-4-3-5-8-15/h3-12H,13H2,1-2H3/b18-12-. The number of carbonyl (C=O) groups is 2. The van der Waals surface area contributed by atoms with Gasteiger partial charge in [0.05, 0.1) is 7.11 Å². The van der Waals surface area contributed by atoms with Gasteiger partial charge in [0, 0.05) is 0 Å². The summed E-state index contributed by atoms with van der Waals surface area (Å²) in [5.41, 5.74) is 1.77. The molecule has 0 amide bonds. The molecular weight excluding hydrogens is 292 g/mol. The third-order valence-electron chi connectivity index (χ3n) is 3.20. The summed E-state index contributed by atoms with van der Waals surface area (Å²) in [6, 6.07) is 17.0. The van der Waals surface area contributed by atoms with E-state index in [0.29, 0.717) is 17.9 Å². The second-order valence-corrected chi connectivity index (χ2v) is 4.95. The highest BCUT2D eigenvalue weighted by molar-refractivity contribution is 6.19. The van der Waals surface area contributed by atoms with Crippen molar-refractivity contribution in [2.24, 2.45) is 0 Å². The molecule has 0 unspecified atom stereocenters. The maximum absolute atomic E-state index is 11.6. The van der Waals surface area contributed by atoms with Gasteiger partial charge in [-0.1, -0.05) is 42.5 Å². The minimum Gasteiger partial charge on any atom is -0.489 e. The number of carbonyl (C=O) groups excluding carboxylic acids is 2. The van der Waals surface area contributed by atoms with Crippen LogP contribution in [0.15, 0.2) is 60.2 Å². The molecule has 4 nitrogen and oxygen atoms in total. The number of hydrogen-bond donors (Lipinski definition) is 0. The summed E-state index contributed by atoms with van der Waals surface area (Å²) in [7, 11) is 1.25. The Bertz CT molecular complexity index is 717. The molecule has 0 aliphatic heterocycles. The van der Waals surface area contributed by atoms with Crippen LogP contribution in [0, 0.1) is 0 Å². The zero-order valence-electron chi connectivity index (χ0n) is 13.1. The summed E-state index contributed by atoms with van der Waals surface area (Å²) in [4.78, 5) is 23.2. The van der Waals surface area contributed by atoms with Gasteiger partial charge in [0.2, 0.25) is 0 Å². The molecule has 118 valence electrons. The number of ketones is 1. The Morgan fingerprint density at radius 1 is 1.04 bits per heavy atom. The van der Waals surface area contributed by atoms with Crippen LogP contribution in [0.3, 0.4) is 0 Å². The number of benzene rings is 2. The average Bonchev–Trinajstić information content (AvgIpc) is 2.58. The van der Waals surface area contributed by atoms with Crippen molar-refractivity contribution in [3.05, 3.63) is 71.3 Å². The monoisotopic (exact) mass is 310 g/mol. The first kappa shape index (κ1) is 16.5. The lowest BCUT2D eigenvalue weighted by Gasteiger charge is -2.07. The highest BCUT2D eigenvalue weighted by Gasteiger charge is 2.14.